The summed E-state index contributed by atoms with van der Waals surface area (Å²) < 4.78 is 0. The van der Waals surface area contributed by atoms with Gasteiger partial charge in [-0.15, -0.1) is 0 Å². The molecule has 2 heteroatoms. The van der Waals surface area contributed by atoms with Crippen LogP contribution in [0.25, 0.3) is 0 Å². The van der Waals surface area contributed by atoms with Crippen molar-refractivity contribution in [3.8, 4) is 0 Å². The van der Waals surface area contributed by atoms with Gasteiger partial charge in [0.05, 0.1) is 5.60 Å². The molecule has 106 valence electrons. The fourth-order valence-corrected chi connectivity index (χ4v) is 4.00. The Labute approximate surface area is 113 Å². The van der Waals surface area contributed by atoms with E-state index in [-0.39, 0.29) is 5.54 Å². The van der Waals surface area contributed by atoms with Crippen LogP contribution in [0.4, 0.5) is 0 Å². The van der Waals surface area contributed by atoms with Crippen molar-refractivity contribution in [1.29, 1.82) is 0 Å². The average molecular weight is 253 g/mol. The average Bonchev–Trinajstić information content (AvgIpc) is 2.75. The third-order valence-corrected chi connectivity index (χ3v) is 4.91. The standard InChI is InChI=1S/C16H31NO/c1-15(2,3)17-8-7-16(4,18)11-14-10-12-5-6-13(14)9-12/h12-14,17-18H,5-11H2,1-4H3. The molecule has 2 saturated carbocycles. The highest BCUT2D eigenvalue weighted by Crippen LogP contribution is 2.50. The van der Waals surface area contributed by atoms with Crippen LogP contribution in [0.1, 0.15) is 66.2 Å². The van der Waals surface area contributed by atoms with Crippen molar-refractivity contribution in [2.45, 2.75) is 77.4 Å². The first-order chi connectivity index (χ1) is 8.25. The van der Waals surface area contributed by atoms with Gasteiger partial charge in [0.15, 0.2) is 0 Å². The van der Waals surface area contributed by atoms with Crippen LogP contribution in [0.15, 0.2) is 0 Å². The number of rotatable bonds is 5. The molecule has 4 atom stereocenters. The lowest BCUT2D eigenvalue weighted by Gasteiger charge is -2.32. The van der Waals surface area contributed by atoms with Crippen molar-refractivity contribution in [3.63, 3.8) is 0 Å². The lowest BCUT2D eigenvalue weighted by Crippen LogP contribution is -2.40. The summed E-state index contributed by atoms with van der Waals surface area (Å²) >= 11 is 0. The highest BCUT2D eigenvalue weighted by molar-refractivity contribution is 4.93. The van der Waals surface area contributed by atoms with E-state index >= 15 is 0 Å². The van der Waals surface area contributed by atoms with Gasteiger partial charge < -0.3 is 10.4 Å². The summed E-state index contributed by atoms with van der Waals surface area (Å²) in [5.74, 6) is 2.72. The Morgan fingerprint density at radius 1 is 1.11 bits per heavy atom. The zero-order valence-corrected chi connectivity index (χ0v) is 12.6. The van der Waals surface area contributed by atoms with Gasteiger partial charge in [-0.1, -0.05) is 6.42 Å². The fourth-order valence-electron chi connectivity index (χ4n) is 4.00. The van der Waals surface area contributed by atoms with Crippen molar-refractivity contribution < 1.29 is 5.11 Å². The summed E-state index contributed by atoms with van der Waals surface area (Å²) in [4.78, 5) is 0. The monoisotopic (exact) mass is 253 g/mol. The van der Waals surface area contributed by atoms with Crippen LogP contribution in [-0.2, 0) is 0 Å². The lowest BCUT2D eigenvalue weighted by molar-refractivity contribution is 0.0157. The Morgan fingerprint density at radius 3 is 2.33 bits per heavy atom. The summed E-state index contributed by atoms with van der Waals surface area (Å²) in [6, 6.07) is 0. The maximum absolute atomic E-state index is 10.6. The summed E-state index contributed by atoms with van der Waals surface area (Å²) in [5.41, 5.74) is -0.324. The molecule has 0 aromatic rings. The molecule has 2 aliphatic rings. The Kier molecular flexibility index (Phi) is 4.08. The molecule has 2 nitrogen and oxygen atoms in total. The fraction of sp³-hybridized carbons (Fsp3) is 1.00. The van der Waals surface area contributed by atoms with Crippen LogP contribution in [0, 0.1) is 17.8 Å². The van der Waals surface area contributed by atoms with Gasteiger partial charge in [-0.25, -0.2) is 0 Å². The topological polar surface area (TPSA) is 32.3 Å². The van der Waals surface area contributed by atoms with Gasteiger partial charge in [0.2, 0.25) is 0 Å². The van der Waals surface area contributed by atoms with E-state index in [0.717, 1.165) is 37.1 Å². The van der Waals surface area contributed by atoms with Crippen LogP contribution in [0.3, 0.4) is 0 Å². The molecule has 4 unspecified atom stereocenters. The molecular formula is C16H31NO. The largest absolute Gasteiger partial charge is 0.390 e. The minimum atomic E-state index is -0.479. The van der Waals surface area contributed by atoms with Gasteiger partial charge in [-0.2, -0.15) is 0 Å². The molecule has 2 bridgehead atoms. The second-order valence-electron chi connectivity index (χ2n) is 8.06. The molecule has 0 aromatic heterocycles. The minimum Gasteiger partial charge on any atom is -0.390 e. The second kappa shape index (κ2) is 5.13. The van der Waals surface area contributed by atoms with Gasteiger partial charge in [0.25, 0.3) is 0 Å². The Bertz CT molecular complexity index is 279. The molecule has 2 fully saturated rings. The molecular weight excluding hydrogens is 222 g/mol. The van der Waals surface area contributed by atoms with Crippen molar-refractivity contribution in [2.75, 3.05) is 6.54 Å². The maximum Gasteiger partial charge on any atom is 0.0634 e. The molecule has 0 radical (unpaired) electrons. The number of hydrogen-bond acceptors (Lipinski definition) is 2. The Balaban J connectivity index is 1.73. The summed E-state index contributed by atoms with van der Waals surface area (Å²) in [7, 11) is 0. The third kappa shape index (κ3) is 3.96. The normalized spacial score (nSPS) is 34.8. The highest BCUT2D eigenvalue weighted by atomic mass is 16.3. The molecule has 2 rings (SSSR count). The smallest absolute Gasteiger partial charge is 0.0634 e. The number of fused-ring (bicyclic) bond motifs is 2. The molecule has 0 spiro atoms. The summed E-state index contributed by atoms with van der Waals surface area (Å²) in [6.45, 7) is 9.48. The second-order valence-corrected chi connectivity index (χ2v) is 8.06. The van der Waals surface area contributed by atoms with Gasteiger partial charge >= 0.3 is 0 Å². The van der Waals surface area contributed by atoms with Gasteiger partial charge in [0, 0.05) is 5.54 Å². The lowest BCUT2D eigenvalue weighted by atomic mass is 9.80. The SMILES string of the molecule is CC(O)(CCNC(C)(C)C)CC1CC2CCC1C2. The van der Waals surface area contributed by atoms with Crippen molar-refractivity contribution in [2.24, 2.45) is 17.8 Å². The number of hydrogen-bond donors (Lipinski definition) is 2. The molecule has 0 heterocycles. The zero-order valence-electron chi connectivity index (χ0n) is 12.6. The van der Waals surface area contributed by atoms with E-state index in [2.05, 4.69) is 26.1 Å². The summed E-state index contributed by atoms with van der Waals surface area (Å²) in [5, 5.41) is 14.0. The molecule has 0 aliphatic heterocycles. The van der Waals surface area contributed by atoms with Crippen LogP contribution in [0.2, 0.25) is 0 Å². The predicted molar refractivity (Wildman–Crippen MR) is 76.6 cm³/mol. The van der Waals surface area contributed by atoms with E-state index in [1.165, 1.54) is 25.7 Å². The van der Waals surface area contributed by atoms with Gasteiger partial charge in [-0.05, 0) is 84.1 Å². The number of aliphatic hydroxyl groups is 1. The highest BCUT2D eigenvalue weighted by Gasteiger charge is 2.41. The van der Waals surface area contributed by atoms with E-state index < -0.39 is 5.60 Å². The first-order valence-corrected chi connectivity index (χ1v) is 7.73. The zero-order chi connectivity index (χ0) is 13.4. The first kappa shape index (κ1) is 14.3. The van der Waals surface area contributed by atoms with Crippen LogP contribution >= 0.6 is 0 Å². The van der Waals surface area contributed by atoms with E-state index in [9.17, 15) is 5.11 Å². The van der Waals surface area contributed by atoms with Crippen LogP contribution in [0.5, 0.6) is 0 Å². The molecule has 0 saturated heterocycles. The third-order valence-electron chi connectivity index (χ3n) is 4.91. The van der Waals surface area contributed by atoms with Crippen molar-refractivity contribution >= 4 is 0 Å². The van der Waals surface area contributed by atoms with Crippen LogP contribution < -0.4 is 5.32 Å². The van der Waals surface area contributed by atoms with E-state index in [1.807, 2.05) is 6.92 Å². The Morgan fingerprint density at radius 2 is 1.83 bits per heavy atom. The summed E-state index contributed by atoms with van der Waals surface area (Å²) in [6.07, 6.45) is 7.59. The minimum absolute atomic E-state index is 0.155. The van der Waals surface area contributed by atoms with E-state index in [4.69, 9.17) is 0 Å². The van der Waals surface area contributed by atoms with E-state index in [1.54, 1.807) is 0 Å². The van der Waals surface area contributed by atoms with Gasteiger partial charge in [-0.3, -0.25) is 0 Å². The quantitative estimate of drug-likeness (QED) is 0.787. The molecule has 0 aromatic carbocycles. The maximum atomic E-state index is 10.6. The molecule has 0 amide bonds. The molecule has 2 aliphatic carbocycles. The molecule has 2 N–H and O–H groups in total. The predicted octanol–water partition coefficient (Wildman–Crippen LogP) is 3.34. The number of nitrogens with one attached hydrogen (secondary N) is 1. The Hall–Kier alpha value is -0.0800. The molecule has 18 heavy (non-hydrogen) atoms. The van der Waals surface area contributed by atoms with Crippen molar-refractivity contribution in [1.82, 2.24) is 5.32 Å². The van der Waals surface area contributed by atoms with Crippen LogP contribution in [-0.4, -0.2) is 22.8 Å². The first-order valence-electron chi connectivity index (χ1n) is 7.73. The van der Waals surface area contributed by atoms with E-state index in [0.29, 0.717) is 0 Å². The van der Waals surface area contributed by atoms with Gasteiger partial charge in [0.1, 0.15) is 0 Å². The van der Waals surface area contributed by atoms with Crippen molar-refractivity contribution in [3.05, 3.63) is 0 Å².